The van der Waals surface area contributed by atoms with Crippen LogP contribution in [0.1, 0.15) is 16.6 Å². The van der Waals surface area contributed by atoms with E-state index < -0.39 is 4.92 Å². The number of nitro benzene ring substituents is 1. The van der Waals surface area contributed by atoms with Crippen molar-refractivity contribution in [2.45, 2.75) is 13.0 Å². The summed E-state index contributed by atoms with van der Waals surface area (Å²) in [5.41, 5.74) is 0.0334. The van der Waals surface area contributed by atoms with Crippen LogP contribution in [0.4, 0.5) is 5.69 Å². The van der Waals surface area contributed by atoms with Gasteiger partial charge in [0.15, 0.2) is 0 Å². The van der Waals surface area contributed by atoms with Gasteiger partial charge >= 0.3 is 0 Å². The lowest BCUT2D eigenvalue weighted by molar-refractivity contribution is -0.384. The smallest absolute Gasteiger partial charge is 0.270 e. The largest absolute Gasteiger partial charge is 0.350 e. The first-order valence-corrected chi connectivity index (χ1v) is 6.96. The number of nitro groups is 1. The third kappa shape index (κ3) is 4.13. The fourth-order valence-corrected chi connectivity index (χ4v) is 2.65. The number of benzene rings is 1. The van der Waals surface area contributed by atoms with Crippen LogP contribution >= 0.6 is 23.7 Å². The van der Waals surface area contributed by atoms with Gasteiger partial charge in [-0.25, -0.2) is 0 Å². The minimum Gasteiger partial charge on any atom is -0.350 e. The molecule has 0 saturated heterocycles. The van der Waals surface area contributed by atoms with Gasteiger partial charge in [-0.1, -0.05) is 0 Å². The van der Waals surface area contributed by atoms with Crippen LogP contribution in [0, 0.1) is 10.1 Å². The SMILES string of the molecule is CNC(C)CNC(=O)c1cc2cc([N+](=O)[O-])ccc2s1.Cl. The summed E-state index contributed by atoms with van der Waals surface area (Å²) in [5.74, 6) is -0.157. The standard InChI is InChI=1S/C13H15N3O3S.ClH/c1-8(14-2)7-15-13(17)12-6-9-5-10(16(18)19)3-4-11(9)20-12;/h3-6,8,14H,7H2,1-2H3,(H,15,17);1H. The zero-order valence-electron chi connectivity index (χ0n) is 11.6. The highest BCUT2D eigenvalue weighted by molar-refractivity contribution is 7.20. The summed E-state index contributed by atoms with van der Waals surface area (Å²) in [6, 6.07) is 6.48. The molecule has 21 heavy (non-hydrogen) atoms. The molecule has 1 unspecified atom stereocenters. The summed E-state index contributed by atoms with van der Waals surface area (Å²) >= 11 is 1.33. The molecule has 0 spiro atoms. The predicted molar refractivity (Wildman–Crippen MR) is 86.6 cm³/mol. The molecule has 1 aromatic carbocycles. The Balaban J connectivity index is 0.00000220. The van der Waals surface area contributed by atoms with E-state index in [-0.39, 0.29) is 30.0 Å². The van der Waals surface area contributed by atoms with Crippen molar-refractivity contribution in [1.82, 2.24) is 10.6 Å². The second-order valence-electron chi connectivity index (χ2n) is 4.49. The Morgan fingerprint density at radius 3 is 2.76 bits per heavy atom. The van der Waals surface area contributed by atoms with E-state index in [2.05, 4.69) is 10.6 Å². The van der Waals surface area contributed by atoms with Crippen molar-refractivity contribution in [3.8, 4) is 0 Å². The van der Waals surface area contributed by atoms with E-state index in [0.29, 0.717) is 11.4 Å². The minimum absolute atomic E-state index is 0. The van der Waals surface area contributed by atoms with Crippen LogP contribution in [0.15, 0.2) is 24.3 Å². The lowest BCUT2D eigenvalue weighted by atomic mass is 10.2. The van der Waals surface area contributed by atoms with Crippen molar-refractivity contribution in [3.63, 3.8) is 0 Å². The lowest BCUT2D eigenvalue weighted by Gasteiger charge is -2.10. The highest BCUT2D eigenvalue weighted by Gasteiger charge is 2.13. The van der Waals surface area contributed by atoms with Crippen LogP contribution < -0.4 is 10.6 Å². The van der Waals surface area contributed by atoms with E-state index >= 15 is 0 Å². The molecule has 8 heteroatoms. The zero-order valence-corrected chi connectivity index (χ0v) is 13.2. The Morgan fingerprint density at radius 2 is 2.14 bits per heavy atom. The van der Waals surface area contributed by atoms with E-state index in [1.807, 2.05) is 14.0 Å². The fraction of sp³-hybridized carbons (Fsp3) is 0.308. The van der Waals surface area contributed by atoms with Gasteiger partial charge in [-0.05, 0) is 26.1 Å². The van der Waals surface area contributed by atoms with Gasteiger partial charge in [0.1, 0.15) is 0 Å². The summed E-state index contributed by atoms with van der Waals surface area (Å²) in [6.45, 7) is 2.50. The zero-order chi connectivity index (χ0) is 14.7. The highest BCUT2D eigenvalue weighted by Crippen LogP contribution is 2.28. The fourth-order valence-electron chi connectivity index (χ4n) is 1.69. The van der Waals surface area contributed by atoms with Crippen LogP contribution in [-0.4, -0.2) is 30.5 Å². The average molecular weight is 330 g/mol. The summed E-state index contributed by atoms with van der Waals surface area (Å²) in [5, 5.41) is 17.3. The average Bonchev–Trinajstić information content (AvgIpc) is 2.87. The molecule has 1 heterocycles. The molecule has 0 aliphatic carbocycles. The summed E-state index contributed by atoms with van der Waals surface area (Å²) in [7, 11) is 1.83. The number of rotatable bonds is 5. The van der Waals surface area contributed by atoms with Crippen molar-refractivity contribution < 1.29 is 9.72 Å². The van der Waals surface area contributed by atoms with Crippen LogP contribution in [0.25, 0.3) is 10.1 Å². The van der Waals surface area contributed by atoms with Crippen molar-refractivity contribution >= 4 is 45.4 Å². The van der Waals surface area contributed by atoms with Crippen LogP contribution in [0.2, 0.25) is 0 Å². The molecule has 1 atom stereocenters. The van der Waals surface area contributed by atoms with Gasteiger partial charge < -0.3 is 10.6 Å². The molecule has 6 nitrogen and oxygen atoms in total. The first-order valence-electron chi connectivity index (χ1n) is 6.14. The lowest BCUT2D eigenvalue weighted by Crippen LogP contribution is -2.36. The number of nitrogens with zero attached hydrogens (tertiary/aromatic N) is 1. The van der Waals surface area contributed by atoms with Gasteiger partial charge in [-0.3, -0.25) is 14.9 Å². The Labute approximate surface area is 132 Å². The number of likely N-dealkylation sites (N-methyl/N-ethyl adjacent to an activating group) is 1. The first kappa shape index (κ1) is 17.4. The third-order valence-electron chi connectivity index (χ3n) is 3.00. The first-order chi connectivity index (χ1) is 9.51. The van der Waals surface area contributed by atoms with Gasteiger partial charge in [-0.15, -0.1) is 23.7 Å². The number of amides is 1. The van der Waals surface area contributed by atoms with Crippen LogP contribution in [-0.2, 0) is 0 Å². The molecule has 2 rings (SSSR count). The second-order valence-corrected chi connectivity index (χ2v) is 5.57. The number of hydrogen-bond donors (Lipinski definition) is 2. The molecule has 2 N–H and O–H groups in total. The van der Waals surface area contributed by atoms with Gasteiger partial charge in [0.25, 0.3) is 11.6 Å². The van der Waals surface area contributed by atoms with Gasteiger partial charge in [0, 0.05) is 34.8 Å². The molecule has 0 aliphatic heterocycles. The quantitative estimate of drug-likeness (QED) is 0.652. The number of thiophene rings is 1. The number of nitrogens with one attached hydrogen (secondary N) is 2. The Bertz CT molecular complexity index is 659. The molecule has 0 fully saturated rings. The molecule has 0 radical (unpaired) electrons. The third-order valence-corrected chi connectivity index (χ3v) is 4.11. The van der Waals surface area contributed by atoms with Crippen LogP contribution in [0.3, 0.4) is 0 Å². The van der Waals surface area contributed by atoms with Gasteiger partial charge in [0.05, 0.1) is 9.80 Å². The van der Waals surface area contributed by atoms with Gasteiger partial charge in [-0.2, -0.15) is 0 Å². The van der Waals surface area contributed by atoms with Crippen molar-refractivity contribution in [1.29, 1.82) is 0 Å². The molecule has 1 aromatic heterocycles. The second kappa shape index (κ2) is 7.35. The monoisotopic (exact) mass is 329 g/mol. The predicted octanol–water partition coefficient (Wildman–Crippen LogP) is 2.57. The van der Waals surface area contributed by atoms with Crippen molar-refractivity contribution in [2.24, 2.45) is 0 Å². The highest BCUT2D eigenvalue weighted by atomic mass is 35.5. The maximum Gasteiger partial charge on any atom is 0.270 e. The molecular formula is C13H16ClN3O3S. The number of halogens is 1. The topological polar surface area (TPSA) is 84.3 Å². The molecule has 0 bridgehead atoms. The number of carbonyl (C=O) groups excluding carboxylic acids is 1. The van der Waals surface area contributed by atoms with Gasteiger partial charge in [0.2, 0.25) is 0 Å². The minimum atomic E-state index is -0.439. The molecular weight excluding hydrogens is 314 g/mol. The molecule has 0 aliphatic rings. The summed E-state index contributed by atoms with van der Waals surface area (Å²) < 4.78 is 0.863. The van der Waals surface area contributed by atoms with E-state index in [1.54, 1.807) is 12.1 Å². The summed E-state index contributed by atoms with van der Waals surface area (Å²) in [6.07, 6.45) is 0. The van der Waals surface area contributed by atoms with Crippen LogP contribution in [0.5, 0.6) is 0 Å². The van der Waals surface area contributed by atoms with Crippen molar-refractivity contribution in [3.05, 3.63) is 39.3 Å². The van der Waals surface area contributed by atoms with E-state index in [1.165, 1.54) is 23.5 Å². The summed E-state index contributed by atoms with van der Waals surface area (Å²) in [4.78, 5) is 22.8. The maximum absolute atomic E-state index is 12.0. The van der Waals surface area contributed by atoms with Crippen molar-refractivity contribution in [2.75, 3.05) is 13.6 Å². The normalized spacial score (nSPS) is 11.7. The Hall–Kier alpha value is -1.70. The van der Waals surface area contributed by atoms with E-state index in [4.69, 9.17) is 0 Å². The maximum atomic E-state index is 12.0. The number of fused-ring (bicyclic) bond motifs is 1. The Kier molecular flexibility index (Phi) is 6.07. The van der Waals surface area contributed by atoms with E-state index in [0.717, 1.165) is 10.1 Å². The van der Waals surface area contributed by atoms with E-state index in [9.17, 15) is 14.9 Å². The number of non-ortho nitro benzene ring substituents is 1. The molecule has 2 aromatic rings. The number of carbonyl (C=O) groups is 1. The molecule has 114 valence electrons. The number of hydrogen-bond acceptors (Lipinski definition) is 5. The molecule has 0 saturated carbocycles. The molecule has 1 amide bonds. The Morgan fingerprint density at radius 1 is 1.43 bits per heavy atom.